The van der Waals surface area contributed by atoms with Crippen LogP contribution in [0.4, 0.5) is 0 Å². The summed E-state index contributed by atoms with van der Waals surface area (Å²) in [7, 11) is 0. The molecule has 25 heavy (non-hydrogen) atoms. The smallest absolute Gasteiger partial charge is 0.271 e. The molecule has 0 N–H and O–H groups in total. The predicted molar refractivity (Wildman–Crippen MR) is 101 cm³/mol. The molecule has 0 saturated carbocycles. The molecule has 0 bridgehead atoms. The Morgan fingerprint density at radius 1 is 0.960 bits per heavy atom. The summed E-state index contributed by atoms with van der Waals surface area (Å²) >= 11 is 0. The van der Waals surface area contributed by atoms with Crippen LogP contribution < -0.4 is 0 Å². The topological polar surface area (TPSA) is 26.3 Å². The first-order chi connectivity index (χ1) is 11.9. The third kappa shape index (κ3) is 4.80. The molecule has 0 radical (unpaired) electrons. The highest BCUT2D eigenvalue weighted by atomic mass is 16.7. The number of nitrogens with zero attached hydrogens (tertiary/aromatic N) is 1. The Morgan fingerprint density at radius 2 is 1.40 bits per heavy atom. The molecular weight excluding hydrogens is 310 g/mol. The maximum absolute atomic E-state index is 12.3. The van der Waals surface area contributed by atoms with Crippen LogP contribution in [0.3, 0.4) is 0 Å². The molecule has 3 nitrogen and oxygen atoms in total. The molecule has 0 aliphatic heterocycles. The first-order valence-electron chi connectivity index (χ1n) is 8.71. The lowest BCUT2D eigenvalue weighted by Gasteiger charge is -2.34. The van der Waals surface area contributed by atoms with Crippen LogP contribution in [0.15, 0.2) is 60.7 Å². The molecule has 0 saturated heterocycles. The molecule has 132 valence electrons. The van der Waals surface area contributed by atoms with E-state index in [-0.39, 0.29) is 10.6 Å². The van der Waals surface area contributed by atoms with Gasteiger partial charge in [-0.25, -0.2) is 4.79 Å². The van der Waals surface area contributed by atoms with Crippen molar-refractivity contribution in [3.05, 3.63) is 82.9 Å². The number of hydroxylamine groups is 3. The van der Waals surface area contributed by atoms with Crippen LogP contribution in [0.2, 0.25) is 0 Å². The van der Waals surface area contributed by atoms with Gasteiger partial charge in [-0.1, -0.05) is 55.1 Å². The summed E-state index contributed by atoms with van der Waals surface area (Å²) in [6, 6.07) is 16.5. The molecule has 0 spiro atoms. The summed E-state index contributed by atoms with van der Waals surface area (Å²) < 4.78 is 0.224. The highest BCUT2D eigenvalue weighted by molar-refractivity contribution is 5.86. The van der Waals surface area contributed by atoms with Crippen molar-refractivity contribution >= 4 is 5.97 Å². The minimum atomic E-state index is -0.344. The molecule has 0 aromatic heterocycles. The minimum Gasteiger partial charge on any atom is -0.271 e. The zero-order valence-corrected chi connectivity index (χ0v) is 15.7. The number of rotatable bonds is 7. The average Bonchev–Trinajstić information content (AvgIpc) is 2.58. The molecule has 0 aliphatic rings. The Balaban J connectivity index is 2.41. The van der Waals surface area contributed by atoms with Gasteiger partial charge in [0.05, 0.1) is 0 Å². The number of hydrogen-bond acceptors (Lipinski definition) is 2. The van der Waals surface area contributed by atoms with Crippen molar-refractivity contribution in [1.29, 1.82) is 0 Å². The van der Waals surface area contributed by atoms with Crippen molar-refractivity contribution < 1.29 is 14.3 Å². The summed E-state index contributed by atoms with van der Waals surface area (Å²) in [5, 5.41) is 0. The van der Waals surface area contributed by atoms with E-state index in [0.29, 0.717) is 25.2 Å². The molecule has 0 unspecified atom stereocenters. The Kier molecular flexibility index (Phi) is 6.16. The zero-order chi connectivity index (χ0) is 18.4. The third-order valence-corrected chi connectivity index (χ3v) is 4.64. The van der Waals surface area contributed by atoms with E-state index in [2.05, 4.69) is 51.6 Å². The van der Waals surface area contributed by atoms with Crippen molar-refractivity contribution in [3.63, 3.8) is 0 Å². The van der Waals surface area contributed by atoms with Crippen LogP contribution in [0.1, 0.15) is 36.1 Å². The van der Waals surface area contributed by atoms with Crippen molar-refractivity contribution in [1.82, 2.24) is 0 Å². The molecule has 0 fully saturated rings. The summed E-state index contributed by atoms with van der Waals surface area (Å²) in [6.07, 6.45) is 0. The molecule has 0 amide bonds. The molecule has 0 atom stereocenters. The summed E-state index contributed by atoms with van der Waals surface area (Å²) in [4.78, 5) is 18.3. The van der Waals surface area contributed by atoms with Gasteiger partial charge < -0.3 is 0 Å². The van der Waals surface area contributed by atoms with Gasteiger partial charge in [0.15, 0.2) is 0 Å². The van der Waals surface area contributed by atoms with Crippen molar-refractivity contribution in [3.8, 4) is 0 Å². The maximum Gasteiger partial charge on any atom is 0.392 e. The molecule has 2 aromatic carbocycles. The second-order valence-electron chi connectivity index (χ2n) is 6.70. The first-order valence-corrected chi connectivity index (χ1v) is 8.71. The van der Waals surface area contributed by atoms with Crippen LogP contribution in [0, 0.1) is 13.8 Å². The van der Waals surface area contributed by atoms with Gasteiger partial charge in [0.1, 0.15) is 19.6 Å². The van der Waals surface area contributed by atoms with Crippen LogP contribution in [0.5, 0.6) is 0 Å². The number of carbonyl (C=O) groups is 1. The molecule has 0 aliphatic carbocycles. The highest BCUT2D eigenvalue weighted by Gasteiger charge is 2.33. The quantitative estimate of drug-likeness (QED) is 0.409. The van der Waals surface area contributed by atoms with Gasteiger partial charge in [-0.2, -0.15) is 0 Å². The Morgan fingerprint density at radius 3 is 1.76 bits per heavy atom. The van der Waals surface area contributed by atoms with Crippen LogP contribution in [-0.4, -0.2) is 17.2 Å². The lowest BCUT2D eigenvalue weighted by molar-refractivity contribution is -1.11. The number of hydrogen-bond donors (Lipinski definition) is 0. The average molecular weight is 338 g/mol. The van der Waals surface area contributed by atoms with E-state index in [9.17, 15) is 4.79 Å². The van der Waals surface area contributed by atoms with Crippen molar-refractivity contribution in [2.75, 3.05) is 6.54 Å². The van der Waals surface area contributed by atoms with Gasteiger partial charge in [-0.05, 0) is 38.8 Å². The minimum absolute atomic E-state index is 0.224. The summed E-state index contributed by atoms with van der Waals surface area (Å²) in [6.45, 7) is 13.6. The monoisotopic (exact) mass is 338 g/mol. The first kappa shape index (κ1) is 18.9. The van der Waals surface area contributed by atoms with Crippen LogP contribution in [-0.2, 0) is 22.7 Å². The normalized spacial score (nSPS) is 11.2. The molecule has 3 heteroatoms. The Labute approximate surface area is 151 Å². The van der Waals surface area contributed by atoms with Gasteiger partial charge in [0.25, 0.3) is 0 Å². The SMILES string of the molecule is C=C(C)C(=O)O[N+](CC)(Cc1ccccc1C)Cc1ccccc1C. The van der Waals surface area contributed by atoms with E-state index < -0.39 is 0 Å². The number of quaternary nitrogens is 1. The Hall–Kier alpha value is -2.39. The van der Waals surface area contributed by atoms with Crippen LogP contribution >= 0.6 is 0 Å². The predicted octanol–water partition coefficient (Wildman–Crippen LogP) is 4.87. The van der Waals surface area contributed by atoms with Gasteiger partial charge in [-0.3, -0.25) is 4.84 Å². The van der Waals surface area contributed by atoms with E-state index in [1.165, 1.54) is 22.3 Å². The van der Waals surface area contributed by atoms with E-state index >= 15 is 0 Å². The van der Waals surface area contributed by atoms with Gasteiger partial charge in [0.2, 0.25) is 0 Å². The second-order valence-corrected chi connectivity index (χ2v) is 6.70. The largest absolute Gasteiger partial charge is 0.392 e. The highest BCUT2D eigenvalue weighted by Crippen LogP contribution is 2.24. The summed E-state index contributed by atoms with van der Waals surface area (Å²) in [5.74, 6) is -0.344. The Bertz CT molecular complexity index is 717. The molecular formula is C22H28NO2+. The van der Waals surface area contributed by atoms with E-state index in [1.54, 1.807) is 6.92 Å². The number of carbonyl (C=O) groups excluding carboxylic acids is 1. The fourth-order valence-electron chi connectivity index (χ4n) is 2.86. The molecule has 0 heterocycles. The van der Waals surface area contributed by atoms with Crippen LogP contribution in [0.25, 0.3) is 0 Å². The van der Waals surface area contributed by atoms with Gasteiger partial charge in [0, 0.05) is 16.7 Å². The fraction of sp³-hybridized carbons (Fsp3) is 0.318. The van der Waals surface area contributed by atoms with Crippen molar-refractivity contribution in [2.45, 2.75) is 40.8 Å². The van der Waals surface area contributed by atoms with E-state index in [1.807, 2.05) is 24.3 Å². The molecule has 2 rings (SSSR count). The number of benzene rings is 2. The molecule has 2 aromatic rings. The fourth-order valence-corrected chi connectivity index (χ4v) is 2.86. The summed E-state index contributed by atoms with van der Waals surface area (Å²) in [5.41, 5.74) is 5.20. The second kappa shape index (κ2) is 8.13. The third-order valence-electron chi connectivity index (χ3n) is 4.64. The standard InChI is InChI=1S/C22H28NO2/c1-6-23(25-22(24)17(2)3,15-20-13-9-7-11-18(20)4)16-21-14-10-8-12-19(21)5/h7-14H,2,6,15-16H2,1,3-5H3/q+1. The number of aryl methyl sites for hydroxylation is 2. The lowest BCUT2D eigenvalue weighted by atomic mass is 10.1. The van der Waals surface area contributed by atoms with Crippen molar-refractivity contribution in [2.24, 2.45) is 0 Å². The van der Waals surface area contributed by atoms with Gasteiger partial charge >= 0.3 is 5.97 Å². The van der Waals surface area contributed by atoms with Gasteiger partial charge in [-0.15, -0.1) is 4.65 Å². The maximum atomic E-state index is 12.3. The lowest BCUT2D eigenvalue weighted by Crippen LogP contribution is -2.48. The van der Waals surface area contributed by atoms with E-state index in [0.717, 1.165) is 0 Å². The van der Waals surface area contributed by atoms with E-state index in [4.69, 9.17) is 4.84 Å². The zero-order valence-electron chi connectivity index (χ0n) is 15.7.